The van der Waals surface area contributed by atoms with E-state index in [1.54, 1.807) is 6.08 Å². The Labute approximate surface area is 166 Å². The maximum absolute atomic E-state index is 11.7. The fraction of sp³-hybridized carbons (Fsp3) is 0.864. The van der Waals surface area contributed by atoms with Gasteiger partial charge in [0, 0.05) is 6.42 Å². The molecule has 5 N–H and O–H groups in total. The molecule has 0 aliphatic rings. The van der Waals surface area contributed by atoms with Crippen molar-refractivity contribution in [1.82, 2.24) is 5.32 Å². The van der Waals surface area contributed by atoms with E-state index in [1.165, 1.54) is 64.2 Å². The minimum Gasteiger partial charge on any atom is -0.394 e. The molecule has 27 heavy (non-hydrogen) atoms. The molecule has 0 bridgehead atoms. The van der Waals surface area contributed by atoms with Crippen LogP contribution in [0.3, 0.4) is 0 Å². The monoisotopic (exact) mass is 384 g/mol. The molecule has 0 fully saturated rings. The molecular weight excluding hydrogens is 340 g/mol. The van der Waals surface area contributed by atoms with Crippen LogP contribution in [0, 0.1) is 0 Å². The molecule has 0 spiro atoms. The summed E-state index contributed by atoms with van der Waals surface area (Å²) in [6.45, 7) is 2.43. The Balaban J connectivity index is 3.63. The quantitative estimate of drug-likeness (QED) is 0.201. The van der Waals surface area contributed by atoms with Crippen molar-refractivity contribution in [1.29, 1.82) is 0 Å². The van der Waals surface area contributed by atoms with E-state index in [1.807, 2.05) is 6.08 Å². The number of carbonyl (C=O) groups excluding carboxylic acids is 1. The molecule has 0 rings (SSSR count). The summed E-state index contributed by atoms with van der Waals surface area (Å²) in [5.74, 6) is -0.183. The maximum Gasteiger partial charge on any atom is 0.220 e. The van der Waals surface area contributed by atoms with Crippen molar-refractivity contribution in [3.8, 4) is 0 Å². The summed E-state index contributed by atoms with van der Waals surface area (Å²) in [4.78, 5) is 11.7. The number of hydrogen-bond donors (Lipinski definition) is 4. The van der Waals surface area contributed by atoms with Crippen LogP contribution in [-0.4, -0.2) is 41.4 Å². The lowest BCUT2D eigenvalue weighted by atomic mass is 10.0. The first kappa shape index (κ1) is 26.1. The number of amides is 1. The third-order valence-corrected chi connectivity index (χ3v) is 4.87. The van der Waals surface area contributed by atoms with Crippen LogP contribution in [0.4, 0.5) is 0 Å². The Bertz CT molecular complexity index is 361. The zero-order valence-corrected chi connectivity index (χ0v) is 17.5. The number of rotatable bonds is 19. The van der Waals surface area contributed by atoms with Crippen LogP contribution in [0.15, 0.2) is 12.2 Å². The first-order valence-electron chi connectivity index (χ1n) is 11.1. The van der Waals surface area contributed by atoms with E-state index in [2.05, 4.69) is 12.2 Å². The van der Waals surface area contributed by atoms with Crippen LogP contribution in [0.25, 0.3) is 0 Å². The third-order valence-electron chi connectivity index (χ3n) is 4.87. The lowest BCUT2D eigenvalue weighted by Crippen LogP contribution is -2.45. The normalized spacial score (nSPS) is 13.8. The van der Waals surface area contributed by atoms with Gasteiger partial charge in [0.1, 0.15) is 0 Å². The molecule has 160 valence electrons. The lowest BCUT2D eigenvalue weighted by Gasteiger charge is -2.19. The second-order valence-electron chi connectivity index (χ2n) is 7.49. The van der Waals surface area contributed by atoms with Crippen LogP contribution in [0.1, 0.15) is 96.8 Å². The van der Waals surface area contributed by atoms with Gasteiger partial charge in [0.25, 0.3) is 0 Å². The van der Waals surface area contributed by atoms with E-state index < -0.39 is 12.1 Å². The SMILES string of the molecule is CCCCCCCCCCCCC/C=C/C(O)C(CO)NC(=O)CCCN. The molecule has 0 saturated carbocycles. The van der Waals surface area contributed by atoms with E-state index in [0.717, 1.165) is 12.8 Å². The Hall–Kier alpha value is -0.910. The molecule has 2 atom stereocenters. The molecule has 5 nitrogen and oxygen atoms in total. The first-order chi connectivity index (χ1) is 13.2. The molecule has 0 aliphatic heterocycles. The highest BCUT2D eigenvalue weighted by atomic mass is 16.3. The van der Waals surface area contributed by atoms with Gasteiger partial charge in [0.2, 0.25) is 5.91 Å². The molecule has 0 radical (unpaired) electrons. The highest BCUT2D eigenvalue weighted by molar-refractivity contribution is 5.76. The number of nitrogens with two attached hydrogens (primary N) is 1. The smallest absolute Gasteiger partial charge is 0.220 e. The second-order valence-corrected chi connectivity index (χ2v) is 7.49. The molecular formula is C22H44N2O3. The van der Waals surface area contributed by atoms with Crippen molar-refractivity contribution in [3.63, 3.8) is 0 Å². The van der Waals surface area contributed by atoms with Gasteiger partial charge < -0.3 is 21.3 Å². The Kier molecular flexibility index (Phi) is 19.2. The van der Waals surface area contributed by atoms with Crippen LogP contribution >= 0.6 is 0 Å². The van der Waals surface area contributed by atoms with E-state index >= 15 is 0 Å². The van der Waals surface area contributed by atoms with E-state index in [9.17, 15) is 15.0 Å². The molecule has 0 aromatic heterocycles. The summed E-state index contributed by atoms with van der Waals surface area (Å²) in [6, 6.07) is -0.649. The van der Waals surface area contributed by atoms with E-state index in [0.29, 0.717) is 19.4 Å². The van der Waals surface area contributed by atoms with Gasteiger partial charge in [0.15, 0.2) is 0 Å². The first-order valence-corrected chi connectivity index (χ1v) is 11.1. The van der Waals surface area contributed by atoms with Gasteiger partial charge >= 0.3 is 0 Å². The van der Waals surface area contributed by atoms with Gasteiger partial charge in [-0.15, -0.1) is 0 Å². The van der Waals surface area contributed by atoms with Gasteiger partial charge in [-0.1, -0.05) is 83.3 Å². The summed E-state index contributed by atoms with van der Waals surface area (Å²) in [5, 5.41) is 22.1. The van der Waals surface area contributed by atoms with Gasteiger partial charge in [-0.3, -0.25) is 4.79 Å². The van der Waals surface area contributed by atoms with Gasteiger partial charge in [-0.25, -0.2) is 0 Å². The third kappa shape index (κ3) is 17.0. The number of allylic oxidation sites excluding steroid dienone is 1. The number of hydrogen-bond acceptors (Lipinski definition) is 4. The Morgan fingerprint density at radius 3 is 2.04 bits per heavy atom. The van der Waals surface area contributed by atoms with E-state index in [-0.39, 0.29) is 12.5 Å². The molecule has 5 heteroatoms. The average molecular weight is 385 g/mol. The van der Waals surface area contributed by atoms with Crippen LogP contribution < -0.4 is 11.1 Å². The van der Waals surface area contributed by atoms with Crippen molar-refractivity contribution in [2.75, 3.05) is 13.2 Å². The maximum atomic E-state index is 11.7. The fourth-order valence-electron chi connectivity index (χ4n) is 3.08. The van der Waals surface area contributed by atoms with Gasteiger partial charge in [-0.05, 0) is 25.8 Å². The number of carbonyl (C=O) groups is 1. The molecule has 0 heterocycles. The zero-order valence-electron chi connectivity index (χ0n) is 17.5. The summed E-state index contributed by atoms with van der Waals surface area (Å²) >= 11 is 0. The molecule has 0 saturated heterocycles. The van der Waals surface area contributed by atoms with Crippen LogP contribution in [-0.2, 0) is 4.79 Å². The highest BCUT2D eigenvalue weighted by Gasteiger charge is 2.17. The van der Waals surface area contributed by atoms with Crippen molar-refractivity contribution in [3.05, 3.63) is 12.2 Å². The molecule has 0 aliphatic carbocycles. The van der Waals surface area contributed by atoms with Crippen LogP contribution in [0.2, 0.25) is 0 Å². The number of aliphatic hydroxyl groups is 2. The fourth-order valence-corrected chi connectivity index (χ4v) is 3.08. The Morgan fingerprint density at radius 2 is 1.52 bits per heavy atom. The van der Waals surface area contributed by atoms with Crippen molar-refractivity contribution < 1.29 is 15.0 Å². The van der Waals surface area contributed by atoms with Gasteiger partial charge in [-0.2, -0.15) is 0 Å². The molecule has 0 aromatic rings. The number of aliphatic hydroxyl groups excluding tert-OH is 2. The Morgan fingerprint density at radius 1 is 0.963 bits per heavy atom. The highest BCUT2D eigenvalue weighted by Crippen LogP contribution is 2.12. The minimum absolute atomic E-state index is 0.183. The summed E-state index contributed by atoms with van der Waals surface area (Å²) in [6.07, 6.45) is 19.1. The summed E-state index contributed by atoms with van der Waals surface area (Å²) in [7, 11) is 0. The standard InChI is InChI=1S/C22H44N2O3/c1-2-3-4-5-6-7-8-9-10-11-12-13-14-16-21(26)20(19-25)24-22(27)17-15-18-23/h14,16,20-21,25-26H,2-13,15,17-19,23H2,1H3,(H,24,27)/b16-14+. The predicted molar refractivity (Wildman–Crippen MR) is 114 cm³/mol. The topological polar surface area (TPSA) is 95.6 Å². The van der Waals surface area contributed by atoms with Crippen LogP contribution in [0.5, 0.6) is 0 Å². The predicted octanol–water partition coefficient (Wildman–Crippen LogP) is 3.82. The minimum atomic E-state index is -0.857. The number of unbranched alkanes of at least 4 members (excludes halogenated alkanes) is 11. The molecule has 1 amide bonds. The molecule has 2 unspecified atom stereocenters. The lowest BCUT2D eigenvalue weighted by molar-refractivity contribution is -0.122. The molecule has 0 aromatic carbocycles. The summed E-state index contributed by atoms with van der Waals surface area (Å²) in [5.41, 5.74) is 5.37. The number of nitrogens with one attached hydrogen (secondary N) is 1. The largest absolute Gasteiger partial charge is 0.394 e. The van der Waals surface area contributed by atoms with E-state index in [4.69, 9.17) is 5.73 Å². The zero-order chi connectivity index (χ0) is 20.2. The van der Waals surface area contributed by atoms with Gasteiger partial charge in [0.05, 0.1) is 18.8 Å². The van der Waals surface area contributed by atoms with Crippen molar-refractivity contribution in [2.45, 2.75) is 109 Å². The van der Waals surface area contributed by atoms with Crippen molar-refractivity contribution in [2.24, 2.45) is 5.73 Å². The second kappa shape index (κ2) is 19.8. The summed E-state index contributed by atoms with van der Waals surface area (Å²) < 4.78 is 0. The average Bonchev–Trinajstić information content (AvgIpc) is 2.67. The van der Waals surface area contributed by atoms with Crippen molar-refractivity contribution >= 4 is 5.91 Å².